The summed E-state index contributed by atoms with van der Waals surface area (Å²) in [5.74, 6) is -1.60. The Morgan fingerprint density at radius 3 is 2.22 bits per heavy atom. The minimum atomic E-state index is -0.991. The SMILES string of the molecule is CC(C)[C@@H](C(=O)O)N1Cc2cc(-c3ccc(NC(=O)c4ccccc4)cc3)ccc2C1=O. The number of anilines is 1. The van der Waals surface area contributed by atoms with Gasteiger partial charge in [-0.1, -0.05) is 50.2 Å². The van der Waals surface area contributed by atoms with Crippen molar-refractivity contribution in [3.63, 3.8) is 0 Å². The molecule has 6 heteroatoms. The van der Waals surface area contributed by atoms with Crippen molar-refractivity contribution >= 4 is 23.5 Å². The Kier molecular flexibility index (Phi) is 5.77. The number of carbonyl (C=O) groups excluding carboxylic acids is 2. The first kappa shape index (κ1) is 21.3. The average Bonchev–Trinajstić information content (AvgIpc) is 3.09. The largest absolute Gasteiger partial charge is 0.480 e. The number of aliphatic carboxylic acids is 1. The second-order valence-corrected chi connectivity index (χ2v) is 8.23. The minimum Gasteiger partial charge on any atom is -0.480 e. The molecule has 3 aromatic rings. The lowest BCUT2D eigenvalue weighted by Gasteiger charge is -2.27. The van der Waals surface area contributed by atoms with Crippen LogP contribution >= 0.6 is 0 Å². The predicted octanol–water partition coefficient (Wildman–Crippen LogP) is 4.67. The molecular weight excluding hydrogens is 404 g/mol. The third kappa shape index (κ3) is 4.12. The lowest BCUT2D eigenvalue weighted by molar-refractivity contribution is -0.144. The summed E-state index contributed by atoms with van der Waals surface area (Å²) in [6, 6.07) is 21.2. The Morgan fingerprint density at radius 1 is 0.938 bits per heavy atom. The summed E-state index contributed by atoms with van der Waals surface area (Å²) in [7, 11) is 0. The summed E-state index contributed by atoms with van der Waals surface area (Å²) in [6.07, 6.45) is 0. The monoisotopic (exact) mass is 428 g/mol. The highest BCUT2D eigenvalue weighted by Crippen LogP contribution is 2.31. The first-order valence-electron chi connectivity index (χ1n) is 10.5. The van der Waals surface area contributed by atoms with Crippen molar-refractivity contribution in [1.82, 2.24) is 4.90 Å². The zero-order chi connectivity index (χ0) is 22.8. The normalized spacial score (nSPS) is 13.7. The third-order valence-corrected chi connectivity index (χ3v) is 5.67. The van der Waals surface area contributed by atoms with E-state index in [1.54, 1.807) is 32.0 Å². The highest BCUT2D eigenvalue weighted by atomic mass is 16.4. The van der Waals surface area contributed by atoms with Crippen LogP contribution in [0, 0.1) is 5.92 Å². The standard InChI is InChI=1S/C26H24N2O4/c1-16(2)23(26(31)32)28-15-20-14-19(10-13-22(20)25(28)30)17-8-11-21(12-9-17)27-24(29)18-6-4-3-5-7-18/h3-14,16,23H,15H2,1-2H3,(H,27,29)(H,31,32)/t23-/m0/s1. The maximum absolute atomic E-state index is 12.8. The van der Waals surface area contributed by atoms with Gasteiger partial charge in [0.05, 0.1) is 0 Å². The zero-order valence-electron chi connectivity index (χ0n) is 17.9. The van der Waals surface area contributed by atoms with Crippen molar-refractivity contribution in [3.8, 4) is 11.1 Å². The smallest absolute Gasteiger partial charge is 0.326 e. The molecule has 4 rings (SSSR count). The van der Waals surface area contributed by atoms with Crippen molar-refractivity contribution in [2.24, 2.45) is 5.92 Å². The van der Waals surface area contributed by atoms with Gasteiger partial charge in [-0.2, -0.15) is 0 Å². The molecule has 0 unspecified atom stereocenters. The van der Waals surface area contributed by atoms with Gasteiger partial charge in [0.1, 0.15) is 6.04 Å². The molecule has 0 saturated heterocycles. The molecule has 2 amide bonds. The molecule has 0 radical (unpaired) electrons. The molecule has 6 nitrogen and oxygen atoms in total. The van der Waals surface area contributed by atoms with E-state index < -0.39 is 12.0 Å². The summed E-state index contributed by atoms with van der Waals surface area (Å²) < 4.78 is 0. The summed E-state index contributed by atoms with van der Waals surface area (Å²) in [4.78, 5) is 38.2. The van der Waals surface area contributed by atoms with Crippen molar-refractivity contribution in [1.29, 1.82) is 0 Å². The molecule has 1 aliphatic rings. The maximum atomic E-state index is 12.8. The zero-order valence-corrected chi connectivity index (χ0v) is 17.9. The molecule has 0 bridgehead atoms. The van der Waals surface area contributed by atoms with E-state index in [0.717, 1.165) is 16.7 Å². The van der Waals surface area contributed by atoms with Gasteiger partial charge >= 0.3 is 5.97 Å². The second kappa shape index (κ2) is 8.67. The second-order valence-electron chi connectivity index (χ2n) is 8.23. The third-order valence-electron chi connectivity index (χ3n) is 5.67. The van der Waals surface area contributed by atoms with Gasteiger partial charge in [-0.25, -0.2) is 4.79 Å². The van der Waals surface area contributed by atoms with E-state index in [0.29, 0.717) is 16.8 Å². The van der Waals surface area contributed by atoms with Crippen LogP contribution in [-0.4, -0.2) is 33.8 Å². The molecule has 3 aromatic carbocycles. The summed E-state index contributed by atoms with van der Waals surface area (Å²) in [5.41, 5.74) is 4.51. The fraction of sp³-hybridized carbons (Fsp3) is 0.192. The molecule has 0 aromatic heterocycles. The number of nitrogens with zero attached hydrogens (tertiary/aromatic N) is 1. The van der Waals surface area contributed by atoms with Crippen molar-refractivity contribution in [2.45, 2.75) is 26.4 Å². The van der Waals surface area contributed by atoms with Crippen LogP contribution in [0.1, 0.15) is 40.1 Å². The number of fused-ring (bicyclic) bond motifs is 1. The molecule has 32 heavy (non-hydrogen) atoms. The fourth-order valence-corrected chi connectivity index (χ4v) is 4.06. The Labute approximate surface area is 186 Å². The lowest BCUT2D eigenvalue weighted by Crippen LogP contribution is -2.44. The average molecular weight is 428 g/mol. The maximum Gasteiger partial charge on any atom is 0.326 e. The Balaban J connectivity index is 1.52. The van der Waals surface area contributed by atoms with Crippen LogP contribution < -0.4 is 5.32 Å². The van der Waals surface area contributed by atoms with E-state index in [4.69, 9.17) is 0 Å². The Bertz CT molecular complexity index is 1170. The number of nitrogens with one attached hydrogen (secondary N) is 1. The Morgan fingerprint density at radius 2 is 1.59 bits per heavy atom. The Hall–Kier alpha value is -3.93. The minimum absolute atomic E-state index is 0.173. The first-order chi connectivity index (χ1) is 15.3. The van der Waals surface area contributed by atoms with Crippen LogP contribution in [0.4, 0.5) is 5.69 Å². The van der Waals surface area contributed by atoms with Crippen molar-refractivity contribution in [2.75, 3.05) is 5.32 Å². The number of amides is 2. The number of carboxylic acids is 1. The first-order valence-corrected chi connectivity index (χ1v) is 10.5. The van der Waals surface area contributed by atoms with Crippen LogP contribution in [-0.2, 0) is 11.3 Å². The van der Waals surface area contributed by atoms with Gasteiger partial charge in [-0.05, 0) is 59.0 Å². The topological polar surface area (TPSA) is 86.7 Å². The summed E-state index contributed by atoms with van der Waals surface area (Å²) in [6.45, 7) is 3.89. The van der Waals surface area contributed by atoms with E-state index >= 15 is 0 Å². The molecule has 1 aliphatic heterocycles. The van der Waals surface area contributed by atoms with Gasteiger partial charge in [0.2, 0.25) is 0 Å². The number of carbonyl (C=O) groups is 3. The van der Waals surface area contributed by atoms with Crippen LogP contribution in [0.3, 0.4) is 0 Å². The van der Waals surface area contributed by atoms with Crippen LogP contribution in [0.5, 0.6) is 0 Å². The van der Waals surface area contributed by atoms with Crippen LogP contribution in [0.25, 0.3) is 11.1 Å². The van der Waals surface area contributed by atoms with Gasteiger partial charge in [-0.3, -0.25) is 9.59 Å². The molecule has 2 N–H and O–H groups in total. The fourth-order valence-electron chi connectivity index (χ4n) is 4.06. The summed E-state index contributed by atoms with van der Waals surface area (Å²) >= 11 is 0. The number of hydrogen-bond acceptors (Lipinski definition) is 3. The quantitative estimate of drug-likeness (QED) is 0.597. The number of benzene rings is 3. The molecule has 0 aliphatic carbocycles. The molecule has 162 valence electrons. The highest BCUT2D eigenvalue weighted by molar-refractivity contribution is 6.04. The van der Waals surface area contributed by atoms with Gasteiger partial charge in [-0.15, -0.1) is 0 Å². The predicted molar refractivity (Wildman–Crippen MR) is 122 cm³/mol. The van der Waals surface area contributed by atoms with Gasteiger partial charge in [0.25, 0.3) is 11.8 Å². The number of carboxylic acid groups (broad SMARTS) is 1. The molecule has 0 spiro atoms. The number of rotatable bonds is 6. The van der Waals surface area contributed by atoms with Crippen molar-refractivity contribution in [3.05, 3.63) is 89.5 Å². The van der Waals surface area contributed by atoms with Gasteiger partial charge in [0, 0.05) is 23.4 Å². The van der Waals surface area contributed by atoms with E-state index in [1.165, 1.54) is 4.90 Å². The van der Waals surface area contributed by atoms with Gasteiger partial charge in [0.15, 0.2) is 0 Å². The number of hydrogen-bond donors (Lipinski definition) is 2. The van der Waals surface area contributed by atoms with Gasteiger partial charge < -0.3 is 15.3 Å². The van der Waals surface area contributed by atoms with E-state index in [9.17, 15) is 19.5 Å². The van der Waals surface area contributed by atoms with E-state index in [2.05, 4.69) is 5.32 Å². The van der Waals surface area contributed by atoms with E-state index in [1.807, 2.05) is 54.6 Å². The molecule has 0 fully saturated rings. The highest BCUT2D eigenvalue weighted by Gasteiger charge is 2.38. The molecule has 0 saturated carbocycles. The molecular formula is C26H24N2O4. The summed E-state index contributed by atoms with van der Waals surface area (Å²) in [5, 5.41) is 12.4. The molecule has 1 heterocycles. The van der Waals surface area contributed by atoms with Crippen molar-refractivity contribution < 1.29 is 19.5 Å². The van der Waals surface area contributed by atoms with Crippen LogP contribution in [0.15, 0.2) is 72.8 Å². The lowest BCUT2D eigenvalue weighted by atomic mass is 10.0. The van der Waals surface area contributed by atoms with E-state index in [-0.39, 0.29) is 24.3 Å². The molecule has 1 atom stereocenters. The van der Waals surface area contributed by atoms with Crippen LogP contribution in [0.2, 0.25) is 0 Å².